The lowest BCUT2D eigenvalue weighted by Gasteiger charge is -2.26. The number of anilines is 1. The van der Waals surface area contributed by atoms with E-state index in [4.69, 9.17) is 28.2 Å². The van der Waals surface area contributed by atoms with Gasteiger partial charge in [-0.3, -0.25) is 4.99 Å². The quantitative estimate of drug-likeness (QED) is 0.700. The van der Waals surface area contributed by atoms with Crippen LogP contribution in [0.1, 0.15) is 11.1 Å². The highest BCUT2D eigenvalue weighted by atomic mass is 35.5. The first kappa shape index (κ1) is 19.1. The standard InChI is InChI=1S/C19H18Cl2N2O2S2/c1-12-2-5-14(6-3-12)23-18-11-27(24,25)10-17(18)22-19(23)26-9-13-4-7-15(20)16(21)8-13/h2-8,17-18H,9-11H2,1H3/t17-,18-/m1/s1. The summed E-state index contributed by atoms with van der Waals surface area (Å²) >= 11 is 13.7. The van der Waals surface area contributed by atoms with Gasteiger partial charge in [0.25, 0.3) is 0 Å². The largest absolute Gasteiger partial charge is 0.315 e. The van der Waals surface area contributed by atoms with Crippen LogP contribution in [0.5, 0.6) is 0 Å². The van der Waals surface area contributed by atoms with E-state index in [-0.39, 0.29) is 23.6 Å². The predicted molar refractivity (Wildman–Crippen MR) is 115 cm³/mol. The molecule has 27 heavy (non-hydrogen) atoms. The Morgan fingerprint density at radius 3 is 2.56 bits per heavy atom. The minimum absolute atomic E-state index is 0.122. The van der Waals surface area contributed by atoms with Gasteiger partial charge >= 0.3 is 0 Å². The molecule has 1 fully saturated rings. The first-order chi connectivity index (χ1) is 12.8. The van der Waals surface area contributed by atoms with Crippen LogP contribution < -0.4 is 4.90 Å². The number of benzene rings is 2. The zero-order valence-electron chi connectivity index (χ0n) is 14.6. The van der Waals surface area contributed by atoms with Crippen LogP contribution in [0.3, 0.4) is 0 Å². The van der Waals surface area contributed by atoms with Crippen molar-refractivity contribution < 1.29 is 8.42 Å². The highest BCUT2D eigenvalue weighted by Crippen LogP contribution is 2.36. The summed E-state index contributed by atoms with van der Waals surface area (Å²) in [7, 11) is -3.05. The SMILES string of the molecule is Cc1ccc(N2C(SCc3ccc(Cl)c(Cl)c3)=N[C@@H]3CS(=O)(=O)C[C@H]32)cc1. The van der Waals surface area contributed by atoms with Crippen molar-refractivity contribution in [3.8, 4) is 0 Å². The number of rotatable bonds is 3. The summed E-state index contributed by atoms with van der Waals surface area (Å²) in [5.74, 6) is 0.951. The average Bonchev–Trinajstić information content (AvgIpc) is 3.08. The van der Waals surface area contributed by atoms with Gasteiger partial charge in [0.15, 0.2) is 15.0 Å². The summed E-state index contributed by atoms with van der Waals surface area (Å²) in [6, 6.07) is 13.4. The fraction of sp³-hybridized carbons (Fsp3) is 0.316. The van der Waals surface area contributed by atoms with Gasteiger partial charge in [-0.25, -0.2) is 8.42 Å². The zero-order valence-corrected chi connectivity index (χ0v) is 17.7. The van der Waals surface area contributed by atoms with Crippen LogP contribution in [-0.2, 0) is 15.6 Å². The molecule has 2 aliphatic heterocycles. The number of sulfone groups is 1. The molecule has 0 amide bonds. The van der Waals surface area contributed by atoms with E-state index >= 15 is 0 Å². The Labute approximate surface area is 173 Å². The van der Waals surface area contributed by atoms with Crippen LogP contribution >= 0.6 is 35.0 Å². The minimum atomic E-state index is -3.05. The molecule has 0 saturated carbocycles. The molecule has 0 unspecified atom stereocenters. The van der Waals surface area contributed by atoms with Gasteiger partial charge in [0.05, 0.1) is 33.6 Å². The normalized spacial score (nSPS) is 23.4. The third-order valence-electron chi connectivity index (χ3n) is 4.77. The van der Waals surface area contributed by atoms with Gasteiger partial charge in [0.2, 0.25) is 0 Å². The van der Waals surface area contributed by atoms with Crippen molar-refractivity contribution in [2.24, 2.45) is 4.99 Å². The molecular formula is C19H18Cl2N2O2S2. The Balaban J connectivity index is 1.60. The predicted octanol–water partition coefficient (Wildman–Crippen LogP) is 4.58. The summed E-state index contributed by atoms with van der Waals surface area (Å²) in [5, 5.41) is 1.92. The Morgan fingerprint density at radius 2 is 1.85 bits per heavy atom. The smallest absolute Gasteiger partial charge is 0.164 e. The summed E-state index contributed by atoms with van der Waals surface area (Å²) in [4.78, 5) is 6.83. The molecule has 2 heterocycles. The molecule has 2 aromatic carbocycles. The lowest BCUT2D eigenvalue weighted by atomic mass is 10.1. The Bertz CT molecular complexity index is 1010. The first-order valence-corrected chi connectivity index (χ1v) is 12.1. The van der Waals surface area contributed by atoms with Crippen molar-refractivity contribution in [1.82, 2.24) is 0 Å². The van der Waals surface area contributed by atoms with Gasteiger partial charge in [-0.2, -0.15) is 0 Å². The van der Waals surface area contributed by atoms with E-state index in [0.717, 1.165) is 22.0 Å². The molecule has 0 N–H and O–H groups in total. The highest BCUT2D eigenvalue weighted by molar-refractivity contribution is 8.13. The summed E-state index contributed by atoms with van der Waals surface area (Å²) in [6.45, 7) is 2.03. The number of aryl methyl sites for hydroxylation is 1. The second-order valence-corrected chi connectivity index (χ2v) is 10.8. The molecule has 4 rings (SSSR count). The maximum atomic E-state index is 12.1. The summed E-state index contributed by atoms with van der Waals surface area (Å²) in [6.07, 6.45) is 0. The molecular weight excluding hydrogens is 423 g/mol. The van der Waals surface area contributed by atoms with Crippen LogP contribution in [0.25, 0.3) is 0 Å². The van der Waals surface area contributed by atoms with Crippen molar-refractivity contribution >= 4 is 55.7 Å². The molecule has 1 saturated heterocycles. The van der Waals surface area contributed by atoms with Crippen molar-refractivity contribution in [3.63, 3.8) is 0 Å². The maximum absolute atomic E-state index is 12.1. The summed E-state index contributed by atoms with van der Waals surface area (Å²) < 4.78 is 24.2. The molecule has 8 heteroatoms. The van der Waals surface area contributed by atoms with Crippen LogP contribution in [0.2, 0.25) is 10.0 Å². The average molecular weight is 441 g/mol. The van der Waals surface area contributed by atoms with Crippen molar-refractivity contribution in [2.45, 2.75) is 24.8 Å². The molecule has 0 bridgehead atoms. The second-order valence-electron chi connectivity index (χ2n) is 6.87. The second kappa shape index (κ2) is 7.32. The van der Waals surface area contributed by atoms with Gasteiger partial charge in [0.1, 0.15) is 0 Å². The van der Waals surface area contributed by atoms with Crippen LogP contribution in [-0.4, -0.2) is 37.2 Å². The van der Waals surface area contributed by atoms with Crippen molar-refractivity contribution in [3.05, 3.63) is 63.6 Å². The lowest BCUT2D eigenvalue weighted by Crippen LogP contribution is -2.39. The number of halogens is 2. The van der Waals surface area contributed by atoms with E-state index in [2.05, 4.69) is 4.90 Å². The maximum Gasteiger partial charge on any atom is 0.164 e. The molecule has 0 spiro atoms. The number of fused-ring (bicyclic) bond motifs is 1. The first-order valence-electron chi connectivity index (χ1n) is 8.53. The van der Waals surface area contributed by atoms with E-state index in [9.17, 15) is 8.42 Å². The van der Waals surface area contributed by atoms with Gasteiger partial charge in [-0.05, 0) is 36.8 Å². The highest BCUT2D eigenvalue weighted by Gasteiger charge is 2.47. The Hall–Kier alpha value is -1.21. The van der Waals surface area contributed by atoms with E-state index in [1.807, 2.05) is 43.3 Å². The third-order valence-corrected chi connectivity index (χ3v) is 8.25. The summed E-state index contributed by atoms with van der Waals surface area (Å²) in [5.41, 5.74) is 3.19. The van der Waals surface area contributed by atoms with E-state index < -0.39 is 9.84 Å². The molecule has 2 atom stereocenters. The number of nitrogens with zero attached hydrogens (tertiary/aromatic N) is 2. The van der Waals surface area contributed by atoms with E-state index in [1.54, 1.807) is 17.8 Å². The van der Waals surface area contributed by atoms with Crippen LogP contribution in [0, 0.1) is 6.92 Å². The molecule has 4 nitrogen and oxygen atoms in total. The van der Waals surface area contributed by atoms with E-state index in [1.165, 1.54) is 0 Å². The van der Waals surface area contributed by atoms with Crippen molar-refractivity contribution in [1.29, 1.82) is 0 Å². The van der Waals surface area contributed by atoms with Gasteiger partial charge in [-0.15, -0.1) is 0 Å². The number of hydrogen-bond donors (Lipinski definition) is 0. The molecule has 142 valence electrons. The fourth-order valence-corrected chi connectivity index (χ4v) is 6.65. The molecule has 0 aliphatic carbocycles. The molecule has 0 aromatic heterocycles. The Kier molecular flexibility index (Phi) is 5.18. The van der Waals surface area contributed by atoms with E-state index in [0.29, 0.717) is 15.8 Å². The minimum Gasteiger partial charge on any atom is -0.315 e. The zero-order chi connectivity index (χ0) is 19.2. The number of aliphatic imine (C=N–C) groups is 1. The van der Waals surface area contributed by atoms with Gasteiger partial charge in [0, 0.05) is 11.4 Å². The van der Waals surface area contributed by atoms with Gasteiger partial charge < -0.3 is 4.90 Å². The van der Waals surface area contributed by atoms with Crippen molar-refractivity contribution in [2.75, 3.05) is 16.4 Å². The number of amidine groups is 1. The Morgan fingerprint density at radius 1 is 1.11 bits per heavy atom. The molecule has 2 aliphatic rings. The van der Waals surface area contributed by atoms with Gasteiger partial charge in [-0.1, -0.05) is 58.7 Å². The molecule has 0 radical (unpaired) electrons. The topological polar surface area (TPSA) is 49.7 Å². The monoisotopic (exact) mass is 440 g/mol. The lowest BCUT2D eigenvalue weighted by molar-refractivity contribution is 0.601. The van der Waals surface area contributed by atoms with Crippen LogP contribution in [0.4, 0.5) is 5.69 Å². The molecule has 2 aromatic rings. The number of thioether (sulfide) groups is 1. The third kappa shape index (κ3) is 3.99. The number of hydrogen-bond acceptors (Lipinski definition) is 5. The fourth-order valence-electron chi connectivity index (χ4n) is 3.42. The van der Waals surface area contributed by atoms with Crippen LogP contribution in [0.15, 0.2) is 47.5 Å².